The largest absolute Gasteiger partial charge is 0.346 e. The van der Waals surface area contributed by atoms with Crippen molar-refractivity contribution < 1.29 is 4.79 Å². The number of nitrogens with zero attached hydrogens (tertiary/aromatic N) is 1. The highest BCUT2D eigenvalue weighted by molar-refractivity contribution is 6.27. The lowest BCUT2D eigenvalue weighted by molar-refractivity contribution is 0.104. The summed E-state index contributed by atoms with van der Waals surface area (Å²) in [6.45, 7) is 0. The van der Waals surface area contributed by atoms with Crippen LogP contribution in [0.15, 0.2) is 59.6 Å². The highest BCUT2D eigenvalue weighted by Gasteiger charge is 2.25. The number of fused-ring (bicyclic) bond motifs is 2. The van der Waals surface area contributed by atoms with Gasteiger partial charge in [0.25, 0.3) is 0 Å². The van der Waals surface area contributed by atoms with E-state index in [1.54, 1.807) is 13.4 Å². The van der Waals surface area contributed by atoms with E-state index < -0.39 is 0 Å². The maximum atomic E-state index is 12.8. The van der Waals surface area contributed by atoms with E-state index in [4.69, 9.17) is 0 Å². The number of nitrogens with one attached hydrogen (secondary N) is 1. The van der Waals surface area contributed by atoms with Gasteiger partial charge in [-0.05, 0) is 17.2 Å². The van der Waals surface area contributed by atoms with Gasteiger partial charge in [0.1, 0.15) is 0 Å². The molecule has 1 aliphatic carbocycles. The number of hydrogen-bond donors (Lipinski definition) is 1. The zero-order valence-electron chi connectivity index (χ0n) is 12.1. The number of carbonyl (C=O) groups excluding carboxylic acids is 1. The van der Waals surface area contributed by atoms with Gasteiger partial charge in [-0.3, -0.25) is 9.79 Å². The molecule has 0 aromatic heterocycles. The molecule has 0 saturated heterocycles. The fourth-order valence-electron chi connectivity index (χ4n) is 3.14. The van der Waals surface area contributed by atoms with Crippen LogP contribution in [0.1, 0.15) is 15.9 Å². The van der Waals surface area contributed by atoms with Crippen LogP contribution in [-0.2, 0) is 0 Å². The minimum Gasteiger partial charge on any atom is -0.346 e. The topological polar surface area (TPSA) is 41.5 Å². The molecular weight excluding hydrogens is 272 g/mol. The van der Waals surface area contributed by atoms with Crippen molar-refractivity contribution >= 4 is 28.6 Å². The quantitative estimate of drug-likeness (QED) is 0.445. The Morgan fingerprint density at radius 1 is 0.864 bits per heavy atom. The minimum absolute atomic E-state index is 0.0926. The monoisotopic (exact) mass is 286 g/mol. The molecule has 3 nitrogen and oxygen atoms in total. The standard InChI is InChI=1S/C19H14N2O/c1-20-11-21-17-10-9-13-12-5-2-3-6-14(12)19(22)16-8-4-7-15(17)18(13)16/h2-11H,1H3,(H,20,21). The van der Waals surface area contributed by atoms with Crippen LogP contribution in [-0.4, -0.2) is 19.2 Å². The van der Waals surface area contributed by atoms with Crippen LogP contribution < -0.4 is 5.32 Å². The summed E-state index contributed by atoms with van der Waals surface area (Å²) in [5.74, 6) is 0.0926. The molecule has 0 atom stereocenters. The Morgan fingerprint density at radius 3 is 2.45 bits per heavy atom. The number of aliphatic imine (C=N–C) groups is 1. The van der Waals surface area contributed by atoms with Crippen molar-refractivity contribution in [1.29, 1.82) is 0 Å². The number of benzene rings is 3. The zero-order valence-corrected chi connectivity index (χ0v) is 12.1. The van der Waals surface area contributed by atoms with Crippen molar-refractivity contribution in [2.45, 2.75) is 0 Å². The van der Waals surface area contributed by atoms with Gasteiger partial charge < -0.3 is 5.32 Å². The maximum Gasteiger partial charge on any atom is 0.194 e. The van der Waals surface area contributed by atoms with E-state index in [0.717, 1.165) is 38.7 Å². The molecular formula is C19H14N2O. The van der Waals surface area contributed by atoms with Crippen molar-refractivity contribution in [3.05, 3.63) is 65.7 Å². The maximum absolute atomic E-state index is 12.8. The summed E-state index contributed by atoms with van der Waals surface area (Å²) >= 11 is 0. The van der Waals surface area contributed by atoms with Crippen LogP contribution >= 0.6 is 0 Å². The lowest BCUT2D eigenvalue weighted by Gasteiger charge is -2.21. The van der Waals surface area contributed by atoms with E-state index in [0.29, 0.717) is 0 Å². The number of anilines is 1. The molecule has 22 heavy (non-hydrogen) atoms. The fraction of sp³-hybridized carbons (Fsp3) is 0.0526. The molecule has 0 bridgehead atoms. The predicted octanol–water partition coefficient (Wildman–Crippen LogP) is 4.12. The van der Waals surface area contributed by atoms with E-state index in [-0.39, 0.29) is 5.78 Å². The molecule has 0 radical (unpaired) electrons. The molecule has 0 heterocycles. The lowest BCUT2D eigenvalue weighted by Crippen LogP contribution is -2.10. The highest BCUT2D eigenvalue weighted by atomic mass is 16.1. The summed E-state index contributed by atoms with van der Waals surface area (Å²) < 4.78 is 0. The number of hydrogen-bond acceptors (Lipinski definition) is 2. The van der Waals surface area contributed by atoms with E-state index in [1.807, 2.05) is 48.5 Å². The summed E-state index contributed by atoms with van der Waals surface area (Å²) in [7, 11) is 1.72. The summed E-state index contributed by atoms with van der Waals surface area (Å²) in [5.41, 5.74) is 4.62. The first-order chi connectivity index (χ1) is 10.8. The van der Waals surface area contributed by atoms with Crippen LogP contribution in [0.2, 0.25) is 0 Å². The summed E-state index contributed by atoms with van der Waals surface area (Å²) in [6.07, 6.45) is 1.66. The number of rotatable bonds is 2. The van der Waals surface area contributed by atoms with Crippen LogP contribution in [0.25, 0.3) is 21.9 Å². The molecule has 1 aliphatic rings. The van der Waals surface area contributed by atoms with Crippen LogP contribution in [0.5, 0.6) is 0 Å². The third-order valence-electron chi connectivity index (χ3n) is 4.10. The molecule has 0 amide bonds. The Morgan fingerprint density at radius 2 is 1.64 bits per heavy atom. The van der Waals surface area contributed by atoms with E-state index in [9.17, 15) is 4.79 Å². The highest BCUT2D eigenvalue weighted by Crippen LogP contribution is 2.41. The Balaban J connectivity index is 2.10. The molecule has 0 spiro atoms. The Hall–Kier alpha value is -2.94. The summed E-state index contributed by atoms with van der Waals surface area (Å²) in [6, 6.07) is 17.8. The Labute approximate surface area is 128 Å². The van der Waals surface area contributed by atoms with E-state index in [1.165, 1.54) is 0 Å². The predicted molar refractivity (Wildman–Crippen MR) is 90.9 cm³/mol. The van der Waals surface area contributed by atoms with Gasteiger partial charge in [-0.25, -0.2) is 0 Å². The van der Waals surface area contributed by atoms with Gasteiger partial charge in [0.2, 0.25) is 0 Å². The first-order valence-electron chi connectivity index (χ1n) is 7.18. The smallest absolute Gasteiger partial charge is 0.194 e. The van der Waals surface area contributed by atoms with Gasteiger partial charge in [-0.2, -0.15) is 0 Å². The van der Waals surface area contributed by atoms with Gasteiger partial charge in [0.05, 0.1) is 6.34 Å². The molecule has 106 valence electrons. The van der Waals surface area contributed by atoms with Crippen LogP contribution in [0.4, 0.5) is 5.69 Å². The van der Waals surface area contributed by atoms with Crippen molar-refractivity contribution in [3.63, 3.8) is 0 Å². The molecule has 0 fully saturated rings. The second-order valence-corrected chi connectivity index (χ2v) is 5.30. The van der Waals surface area contributed by atoms with E-state index >= 15 is 0 Å². The molecule has 4 rings (SSSR count). The van der Waals surface area contributed by atoms with Gasteiger partial charge in [-0.15, -0.1) is 0 Å². The first kappa shape index (κ1) is 12.8. The summed E-state index contributed by atoms with van der Waals surface area (Å²) in [5, 5.41) is 5.23. The van der Waals surface area contributed by atoms with Crippen molar-refractivity contribution in [2.75, 3.05) is 12.4 Å². The Bertz CT molecular complexity index is 941. The molecule has 3 aromatic rings. The molecule has 0 unspecified atom stereocenters. The first-order valence-corrected chi connectivity index (χ1v) is 7.18. The average molecular weight is 286 g/mol. The molecule has 1 N–H and O–H groups in total. The summed E-state index contributed by atoms with van der Waals surface area (Å²) in [4.78, 5) is 16.7. The van der Waals surface area contributed by atoms with Crippen molar-refractivity contribution in [1.82, 2.24) is 0 Å². The van der Waals surface area contributed by atoms with Gasteiger partial charge in [0.15, 0.2) is 5.78 Å². The van der Waals surface area contributed by atoms with Gasteiger partial charge in [0, 0.05) is 34.6 Å². The number of ketones is 1. The van der Waals surface area contributed by atoms with Crippen LogP contribution in [0.3, 0.4) is 0 Å². The molecule has 0 saturated carbocycles. The normalized spacial score (nSPS) is 12.7. The van der Waals surface area contributed by atoms with Gasteiger partial charge >= 0.3 is 0 Å². The molecule has 0 aliphatic heterocycles. The minimum atomic E-state index is 0.0926. The van der Waals surface area contributed by atoms with Gasteiger partial charge in [-0.1, -0.05) is 48.5 Å². The second-order valence-electron chi connectivity index (χ2n) is 5.30. The lowest BCUT2D eigenvalue weighted by atomic mass is 9.82. The number of carbonyl (C=O) groups is 1. The van der Waals surface area contributed by atoms with E-state index in [2.05, 4.69) is 16.4 Å². The van der Waals surface area contributed by atoms with Crippen LogP contribution in [0, 0.1) is 0 Å². The zero-order chi connectivity index (χ0) is 15.1. The molecule has 3 heteroatoms. The fourth-order valence-corrected chi connectivity index (χ4v) is 3.14. The van der Waals surface area contributed by atoms with Crippen molar-refractivity contribution in [2.24, 2.45) is 4.99 Å². The SMILES string of the molecule is CN=CNc1ccc2c3c(cccc13)C(=O)c1ccccc1-2. The molecule has 3 aromatic carbocycles. The van der Waals surface area contributed by atoms with Crippen molar-refractivity contribution in [3.8, 4) is 11.1 Å². The third kappa shape index (κ3) is 1.69. The second kappa shape index (κ2) is 4.81. The average Bonchev–Trinajstić information content (AvgIpc) is 2.58. The Kier molecular flexibility index (Phi) is 2.79. The third-order valence-corrected chi connectivity index (χ3v) is 4.10.